The summed E-state index contributed by atoms with van der Waals surface area (Å²) in [6.07, 6.45) is 3.20. The number of aromatic nitrogens is 3. The fraction of sp³-hybridized carbons (Fsp3) is 0.267. The van der Waals surface area contributed by atoms with Crippen molar-refractivity contribution in [2.75, 3.05) is 0 Å². The first-order chi connectivity index (χ1) is 10.6. The Balaban J connectivity index is 2.22. The number of aryl methyl sites for hydroxylation is 1. The summed E-state index contributed by atoms with van der Waals surface area (Å²) in [5.74, 6) is 0. The van der Waals surface area contributed by atoms with E-state index < -0.39 is 11.2 Å². The van der Waals surface area contributed by atoms with Gasteiger partial charge in [-0.2, -0.15) is 0 Å². The van der Waals surface area contributed by atoms with Crippen molar-refractivity contribution in [1.29, 1.82) is 0 Å². The Hall–Kier alpha value is -2.41. The highest BCUT2D eigenvalue weighted by Gasteiger charge is 2.12. The second-order valence-electron chi connectivity index (χ2n) is 5.08. The van der Waals surface area contributed by atoms with Crippen molar-refractivity contribution in [3.63, 3.8) is 0 Å². The Morgan fingerprint density at radius 2 is 1.91 bits per heavy atom. The van der Waals surface area contributed by atoms with Crippen LogP contribution in [0.2, 0.25) is 0 Å². The van der Waals surface area contributed by atoms with Gasteiger partial charge in [0.1, 0.15) is 5.65 Å². The van der Waals surface area contributed by atoms with Gasteiger partial charge in [0.2, 0.25) is 5.56 Å². The number of nitrogens with one attached hydrogen (secondary N) is 3. The zero-order valence-electron chi connectivity index (χ0n) is 12.0. The summed E-state index contributed by atoms with van der Waals surface area (Å²) in [7, 11) is 0. The predicted molar refractivity (Wildman–Crippen MR) is 87.7 cm³/mol. The first-order valence-corrected chi connectivity index (χ1v) is 7.89. The van der Waals surface area contributed by atoms with E-state index in [1.807, 2.05) is 12.1 Å². The van der Waals surface area contributed by atoms with E-state index in [0.29, 0.717) is 10.9 Å². The lowest BCUT2D eigenvalue weighted by Crippen LogP contribution is -2.24. The first-order valence-electron chi connectivity index (χ1n) is 7.07. The highest BCUT2D eigenvalue weighted by Crippen LogP contribution is 2.30. The van der Waals surface area contributed by atoms with Gasteiger partial charge >= 0.3 is 5.69 Å². The lowest BCUT2D eigenvalue weighted by atomic mass is 10.1. The van der Waals surface area contributed by atoms with Crippen LogP contribution < -0.4 is 16.8 Å². The molecule has 0 spiro atoms. The summed E-state index contributed by atoms with van der Waals surface area (Å²) in [6, 6.07) is 5.32. The molecule has 0 amide bonds. The maximum absolute atomic E-state index is 12.1. The number of hydrogen-bond donors (Lipinski definition) is 3. The molecule has 0 saturated heterocycles. The molecule has 0 unspecified atom stereocenters. The van der Waals surface area contributed by atoms with Crippen LogP contribution in [0.25, 0.3) is 21.5 Å². The standard InChI is InChI=1S/C15H15N3O3S/c1-2-3-4-8-5-6-10(22-8)9-7-11(19)16-13-12(9)14(20)18-15(21)17-13/h5-7H,2-4H2,1H3,(H3,16,17,18,19,20,21). The normalized spacial score (nSPS) is 11.1. The molecule has 0 aliphatic rings. The lowest BCUT2D eigenvalue weighted by molar-refractivity contribution is 0.804. The summed E-state index contributed by atoms with van der Waals surface area (Å²) in [6.45, 7) is 2.13. The minimum atomic E-state index is -0.639. The highest BCUT2D eigenvalue weighted by atomic mass is 32.1. The number of rotatable bonds is 4. The van der Waals surface area contributed by atoms with E-state index in [4.69, 9.17) is 0 Å². The van der Waals surface area contributed by atoms with Gasteiger partial charge in [0.05, 0.1) is 5.39 Å². The molecule has 3 rings (SSSR count). The zero-order chi connectivity index (χ0) is 15.7. The van der Waals surface area contributed by atoms with Gasteiger partial charge < -0.3 is 4.98 Å². The molecule has 0 aliphatic heterocycles. The molecule has 3 aromatic rings. The number of H-pyrrole nitrogens is 3. The van der Waals surface area contributed by atoms with Gasteiger partial charge in [-0.1, -0.05) is 13.3 Å². The Morgan fingerprint density at radius 1 is 1.09 bits per heavy atom. The van der Waals surface area contributed by atoms with Crippen LogP contribution >= 0.6 is 11.3 Å². The molecule has 7 heteroatoms. The lowest BCUT2D eigenvalue weighted by Gasteiger charge is -2.02. The fourth-order valence-corrected chi connectivity index (χ4v) is 3.47. The van der Waals surface area contributed by atoms with Gasteiger partial charge in [0.25, 0.3) is 5.56 Å². The summed E-state index contributed by atoms with van der Waals surface area (Å²) in [5, 5.41) is 0.295. The number of pyridine rings is 1. The van der Waals surface area contributed by atoms with E-state index in [1.54, 1.807) is 11.3 Å². The average Bonchev–Trinajstić information content (AvgIpc) is 2.92. The molecule has 0 saturated carbocycles. The number of thiophene rings is 1. The number of aromatic amines is 3. The van der Waals surface area contributed by atoms with Gasteiger partial charge in [-0.25, -0.2) is 4.79 Å². The summed E-state index contributed by atoms with van der Waals surface area (Å²) in [5.41, 5.74) is -0.801. The smallest absolute Gasteiger partial charge is 0.308 e. The third-order valence-corrected chi connectivity index (χ3v) is 4.62. The monoisotopic (exact) mass is 317 g/mol. The average molecular weight is 317 g/mol. The van der Waals surface area contributed by atoms with Crippen LogP contribution in [-0.4, -0.2) is 15.0 Å². The summed E-state index contributed by atoms with van der Waals surface area (Å²) >= 11 is 1.56. The SMILES string of the molecule is CCCCc1ccc(-c2cc(=O)[nH]c3[nH]c(=O)[nH]c(=O)c23)s1. The van der Waals surface area contributed by atoms with Crippen molar-refractivity contribution in [1.82, 2.24) is 15.0 Å². The molecule has 0 fully saturated rings. The molecule has 22 heavy (non-hydrogen) atoms. The van der Waals surface area contributed by atoms with E-state index in [2.05, 4.69) is 21.9 Å². The fourth-order valence-electron chi connectivity index (χ4n) is 2.40. The van der Waals surface area contributed by atoms with E-state index in [9.17, 15) is 14.4 Å². The molecule has 3 N–H and O–H groups in total. The molecular formula is C15H15N3O3S. The van der Waals surface area contributed by atoms with Crippen LogP contribution in [-0.2, 0) is 6.42 Å². The van der Waals surface area contributed by atoms with Crippen molar-refractivity contribution in [2.24, 2.45) is 0 Å². The molecule has 0 radical (unpaired) electrons. The molecule has 114 valence electrons. The molecule has 0 aliphatic carbocycles. The van der Waals surface area contributed by atoms with E-state index >= 15 is 0 Å². The summed E-state index contributed by atoms with van der Waals surface area (Å²) < 4.78 is 0. The Kier molecular flexibility index (Phi) is 3.81. The first kappa shape index (κ1) is 14.5. The van der Waals surface area contributed by atoms with Crippen molar-refractivity contribution in [2.45, 2.75) is 26.2 Å². The Bertz CT molecular complexity index is 988. The van der Waals surface area contributed by atoms with Crippen LogP contribution in [0.5, 0.6) is 0 Å². The molecule has 0 bridgehead atoms. The van der Waals surface area contributed by atoms with Crippen LogP contribution in [0.3, 0.4) is 0 Å². The van der Waals surface area contributed by atoms with E-state index in [1.165, 1.54) is 10.9 Å². The van der Waals surface area contributed by atoms with Gasteiger partial charge in [-0.3, -0.25) is 19.6 Å². The number of hydrogen-bond acceptors (Lipinski definition) is 4. The summed E-state index contributed by atoms with van der Waals surface area (Å²) in [4.78, 5) is 44.5. The molecular weight excluding hydrogens is 302 g/mol. The van der Waals surface area contributed by atoms with Crippen molar-refractivity contribution < 1.29 is 0 Å². The minimum Gasteiger partial charge on any atom is -0.308 e. The van der Waals surface area contributed by atoms with Crippen molar-refractivity contribution >= 4 is 22.4 Å². The predicted octanol–water partition coefficient (Wildman–Crippen LogP) is 1.98. The Morgan fingerprint density at radius 3 is 2.68 bits per heavy atom. The van der Waals surface area contributed by atoms with Crippen LogP contribution in [0, 0.1) is 0 Å². The molecule has 0 aromatic carbocycles. The van der Waals surface area contributed by atoms with Gasteiger partial charge in [-0.05, 0) is 25.0 Å². The Labute approximate surface area is 128 Å². The topological polar surface area (TPSA) is 98.6 Å². The second-order valence-corrected chi connectivity index (χ2v) is 6.24. The van der Waals surface area contributed by atoms with Gasteiger partial charge in [0.15, 0.2) is 0 Å². The maximum Gasteiger partial charge on any atom is 0.327 e. The molecule has 3 heterocycles. The largest absolute Gasteiger partial charge is 0.327 e. The second kappa shape index (κ2) is 5.76. The molecule has 6 nitrogen and oxygen atoms in total. The van der Waals surface area contributed by atoms with Crippen LogP contribution in [0.4, 0.5) is 0 Å². The van der Waals surface area contributed by atoms with Crippen LogP contribution in [0.1, 0.15) is 24.6 Å². The number of unbranched alkanes of at least 4 members (excludes halogenated alkanes) is 1. The third-order valence-electron chi connectivity index (χ3n) is 3.44. The minimum absolute atomic E-state index is 0.153. The van der Waals surface area contributed by atoms with Gasteiger partial charge in [0, 0.05) is 21.4 Å². The van der Waals surface area contributed by atoms with E-state index in [-0.39, 0.29) is 11.2 Å². The maximum atomic E-state index is 12.1. The molecule has 3 aromatic heterocycles. The van der Waals surface area contributed by atoms with Gasteiger partial charge in [-0.15, -0.1) is 11.3 Å². The van der Waals surface area contributed by atoms with E-state index in [0.717, 1.165) is 24.1 Å². The highest BCUT2D eigenvalue weighted by molar-refractivity contribution is 7.15. The zero-order valence-corrected chi connectivity index (χ0v) is 12.8. The van der Waals surface area contributed by atoms with Crippen LogP contribution in [0.15, 0.2) is 32.6 Å². The van der Waals surface area contributed by atoms with Crippen molar-refractivity contribution in [3.8, 4) is 10.4 Å². The quantitative estimate of drug-likeness (QED) is 0.686. The third kappa shape index (κ3) is 2.67. The number of fused-ring (bicyclic) bond motifs is 1. The molecule has 0 atom stereocenters. The van der Waals surface area contributed by atoms with Crippen molar-refractivity contribution in [3.05, 3.63) is 54.3 Å².